The average molecular weight is 343 g/mol. The molecule has 1 aliphatic rings. The number of benzene rings is 2. The number of amides is 3. The molecular formula is C19H19ClN2O2. The van der Waals surface area contributed by atoms with E-state index in [0.29, 0.717) is 10.6 Å². The molecule has 2 aromatic carbocycles. The van der Waals surface area contributed by atoms with Crippen molar-refractivity contribution in [2.24, 2.45) is 0 Å². The Morgan fingerprint density at radius 2 is 1.46 bits per heavy atom. The summed E-state index contributed by atoms with van der Waals surface area (Å²) in [5, 5.41) is 3.50. The van der Waals surface area contributed by atoms with Crippen LogP contribution < -0.4 is 5.32 Å². The Bertz CT molecular complexity index is 781. The highest BCUT2D eigenvalue weighted by atomic mass is 35.5. The van der Waals surface area contributed by atoms with Crippen molar-refractivity contribution in [2.75, 3.05) is 0 Å². The van der Waals surface area contributed by atoms with Gasteiger partial charge in [-0.25, -0.2) is 4.79 Å². The molecule has 0 aliphatic carbocycles. The minimum atomic E-state index is -1.24. The molecule has 0 unspecified atom stereocenters. The zero-order valence-electron chi connectivity index (χ0n) is 13.8. The summed E-state index contributed by atoms with van der Waals surface area (Å²) in [6, 6.07) is 15.9. The highest BCUT2D eigenvalue weighted by molar-refractivity contribution is 6.30. The van der Waals surface area contributed by atoms with E-state index >= 15 is 0 Å². The van der Waals surface area contributed by atoms with E-state index in [1.807, 2.05) is 51.1 Å². The van der Waals surface area contributed by atoms with Crippen molar-refractivity contribution in [2.45, 2.75) is 31.8 Å². The summed E-state index contributed by atoms with van der Waals surface area (Å²) in [6.07, 6.45) is 0. The molecule has 1 saturated heterocycles. The van der Waals surface area contributed by atoms with Crippen molar-refractivity contribution < 1.29 is 9.59 Å². The molecule has 0 aromatic heterocycles. The van der Waals surface area contributed by atoms with Crippen LogP contribution in [0.3, 0.4) is 0 Å². The summed E-state index contributed by atoms with van der Waals surface area (Å²) >= 11 is 5.99. The SMILES string of the molecule is CC(C)(C)N1C(=O)N[C@@](c2ccccc2)(c2ccc(Cl)cc2)C1=O. The summed E-state index contributed by atoms with van der Waals surface area (Å²) < 4.78 is 0. The molecule has 5 heteroatoms. The summed E-state index contributed by atoms with van der Waals surface area (Å²) in [6.45, 7) is 5.52. The first-order valence-electron chi connectivity index (χ1n) is 7.75. The molecule has 1 atom stereocenters. The summed E-state index contributed by atoms with van der Waals surface area (Å²) in [5.74, 6) is -0.284. The first-order chi connectivity index (χ1) is 11.3. The second-order valence-electron chi connectivity index (χ2n) is 6.86. The van der Waals surface area contributed by atoms with E-state index in [0.717, 1.165) is 5.56 Å². The molecule has 4 nitrogen and oxygen atoms in total. The minimum Gasteiger partial charge on any atom is -0.315 e. The van der Waals surface area contributed by atoms with Gasteiger partial charge in [0.15, 0.2) is 5.54 Å². The fourth-order valence-corrected chi connectivity index (χ4v) is 3.21. The van der Waals surface area contributed by atoms with Gasteiger partial charge in [0.05, 0.1) is 0 Å². The first-order valence-corrected chi connectivity index (χ1v) is 8.13. The van der Waals surface area contributed by atoms with Crippen LogP contribution in [-0.4, -0.2) is 22.4 Å². The van der Waals surface area contributed by atoms with Gasteiger partial charge in [0.2, 0.25) is 0 Å². The van der Waals surface area contributed by atoms with Crippen molar-refractivity contribution in [3.63, 3.8) is 0 Å². The Morgan fingerprint density at radius 3 is 1.96 bits per heavy atom. The van der Waals surface area contributed by atoms with Crippen LogP contribution in [0.5, 0.6) is 0 Å². The van der Waals surface area contributed by atoms with E-state index in [4.69, 9.17) is 11.6 Å². The molecule has 124 valence electrons. The molecule has 1 N–H and O–H groups in total. The van der Waals surface area contributed by atoms with E-state index < -0.39 is 17.1 Å². The predicted octanol–water partition coefficient (Wildman–Crippen LogP) is 3.93. The molecule has 3 rings (SSSR count). The van der Waals surface area contributed by atoms with E-state index in [-0.39, 0.29) is 5.91 Å². The van der Waals surface area contributed by atoms with Crippen molar-refractivity contribution in [3.8, 4) is 0 Å². The van der Waals surface area contributed by atoms with E-state index in [2.05, 4.69) is 5.32 Å². The Balaban J connectivity index is 2.24. The monoisotopic (exact) mass is 342 g/mol. The van der Waals surface area contributed by atoms with Crippen molar-refractivity contribution >= 4 is 23.5 Å². The van der Waals surface area contributed by atoms with Gasteiger partial charge in [0.25, 0.3) is 5.91 Å². The van der Waals surface area contributed by atoms with Crippen LogP contribution in [0, 0.1) is 0 Å². The molecule has 3 amide bonds. The normalized spacial score (nSPS) is 21.1. The van der Waals surface area contributed by atoms with Gasteiger partial charge in [-0.1, -0.05) is 54.1 Å². The molecule has 0 saturated carbocycles. The second-order valence-corrected chi connectivity index (χ2v) is 7.30. The number of rotatable bonds is 2. The van der Waals surface area contributed by atoms with Crippen molar-refractivity contribution in [3.05, 3.63) is 70.7 Å². The number of nitrogens with one attached hydrogen (secondary N) is 1. The van der Waals surface area contributed by atoms with Gasteiger partial charge in [-0.15, -0.1) is 0 Å². The minimum absolute atomic E-state index is 0.284. The lowest BCUT2D eigenvalue weighted by Crippen LogP contribution is -2.48. The van der Waals surface area contributed by atoms with Gasteiger partial charge >= 0.3 is 6.03 Å². The maximum atomic E-state index is 13.4. The number of hydrogen-bond acceptors (Lipinski definition) is 2. The lowest BCUT2D eigenvalue weighted by molar-refractivity contribution is -0.133. The van der Waals surface area contributed by atoms with Gasteiger partial charge < -0.3 is 5.32 Å². The first kappa shape index (κ1) is 16.5. The zero-order valence-corrected chi connectivity index (χ0v) is 14.6. The molecule has 0 spiro atoms. The van der Waals surface area contributed by atoms with Crippen LogP contribution in [-0.2, 0) is 10.3 Å². The molecule has 1 aliphatic heterocycles. The maximum absolute atomic E-state index is 13.4. The van der Waals surface area contributed by atoms with E-state index in [1.165, 1.54) is 4.90 Å². The Morgan fingerprint density at radius 1 is 0.917 bits per heavy atom. The van der Waals surface area contributed by atoms with Crippen molar-refractivity contribution in [1.82, 2.24) is 10.2 Å². The third-order valence-corrected chi connectivity index (χ3v) is 4.43. The highest BCUT2D eigenvalue weighted by Crippen LogP contribution is 2.38. The van der Waals surface area contributed by atoms with Gasteiger partial charge in [-0.3, -0.25) is 9.69 Å². The number of halogens is 1. The molecule has 1 heterocycles. The quantitative estimate of drug-likeness (QED) is 0.840. The molecule has 2 aromatic rings. The standard InChI is InChI=1S/C19H19ClN2O2/c1-18(2,3)22-16(23)19(21-17(22)24,13-7-5-4-6-8-13)14-9-11-15(20)12-10-14/h4-12H,1-3H3,(H,21,24)/t19-/m0/s1. The maximum Gasteiger partial charge on any atom is 0.326 e. The second kappa shape index (κ2) is 5.64. The number of imide groups is 1. The van der Waals surface area contributed by atoms with Gasteiger partial charge in [-0.2, -0.15) is 0 Å². The molecule has 0 bridgehead atoms. The van der Waals surface area contributed by atoms with Gasteiger partial charge in [0.1, 0.15) is 0 Å². The van der Waals surface area contributed by atoms with Crippen LogP contribution in [0.25, 0.3) is 0 Å². The zero-order chi connectivity index (χ0) is 17.5. The van der Waals surface area contributed by atoms with Crippen LogP contribution in [0.15, 0.2) is 54.6 Å². The van der Waals surface area contributed by atoms with E-state index in [1.54, 1.807) is 24.3 Å². The van der Waals surface area contributed by atoms with Crippen LogP contribution >= 0.6 is 11.6 Å². The molecule has 1 fully saturated rings. The summed E-state index contributed by atoms with van der Waals surface area (Å²) in [4.78, 5) is 27.3. The summed E-state index contributed by atoms with van der Waals surface area (Å²) in [5.41, 5.74) is -0.457. The molecular weight excluding hydrogens is 324 g/mol. The number of hydrogen-bond donors (Lipinski definition) is 1. The Hall–Kier alpha value is -2.33. The van der Waals surface area contributed by atoms with Crippen LogP contribution in [0.2, 0.25) is 5.02 Å². The van der Waals surface area contributed by atoms with Gasteiger partial charge in [-0.05, 0) is 44.0 Å². The third-order valence-electron chi connectivity index (χ3n) is 4.18. The van der Waals surface area contributed by atoms with Crippen LogP contribution in [0.1, 0.15) is 31.9 Å². The smallest absolute Gasteiger partial charge is 0.315 e. The Labute approximate surface area is 146 Å². The number of urea groups is 1. The largest absolute Gasteiger partial charge is 0.326 e. The lowest BCUT2D eigenvalue weighted by atomic mass is 9.82. The molecule has 24 heavy (non-hydrogen) atoms. The third kappa shape index (κ3) is 2.47. The lowest BCUT2D eigenvalue weighted by Gasteiger charge is -2.32. The predicted molar refractivity (Wildman–Crippen MR) is 93.8 cm³/mol. The van der Waals surface area contributed by atoms with E-state index in [9.17, 15) is 9.59 Å². The number of nitrogens with zero attached hydrogens (tertiary/aromatic N) is 1. The van der Waals surface area contributed by atoms with Gasteiger partial charge in [0, 0.05) is 10.6 Å². The number of carbonyl (C=O) groups is 2. The average Bonchev–Trinajstić information content (AvgIpc) is 2.80. The Kier molecular flexibility index (Phi) is 3.88. The fourth-order valence-electron chi connectivity index (χ4n) is 3.08. The molecule has 0 radical (unpaired) electrons. The highest BCUT2D eigenvalue weighted by Gasteiger charge is 2.56. The summed E-state index contributed by atoms with van der Waals surface area (Å²) in [7, 11) is 0. The topological polar surface area (TPSA) is 49.4 Å². The van der Waals surface area contributed by atoms with Crippen molar-refractivity contribution in [1.29, 1.82) is 0 Å². The number of carbonyl (C=O) groups excluding carboxylic acids is 2. The van der Waals surface area contributed by atoms with Crippen LogP contribution in [0.4, 0.5) is 4.79 Å². The fraction of sp³-hybridized carbons (Fsp3) is 0.263.